The number of nitrogens with zero attached hydrogens (tertiary/aromatic N) is 3. The van der Waals surface area contributed by atoms with Crippen LogP contribution in [-0.2, 0) is 28.8 Å². The number of carbonyl (C=O) groups is 6. The number of hydrogen-bond acceptors (Lipinski definition) is 9. The van der Waals surface area contributed by atoms with Crippen molar-refractivity contribution in [2.45, 2.75) is 136 Å². The van der Waals surface area contributed by atoms with Gasteiger partial charge >= 0.3 is 0 Å². The van der Waals surface area contributed by atoms with Crippen LogP contribution in [0.5, 0.6) is 0 Å². The van der Waals surface area contributed by atoms with Crippen LogP contribution >= 0.6 is 0 Å². The van der Waals surface area contributed by atoms with E-state index in [9.17, 15) is 44.4 Å². The average Bonchev–Trinajstić information content (AvgIpc) is 3.08. The van der Waals surface area contributed by atoms with Crippen LogP contribution in [0.15, 0.2) is 0 Å². The zero-order valence-corrected chi connectivity index (χ0v) is 31.5. The van der Waals surface area contributed by atoms with Crippen molar-refractivity contribution in [3.63, 3.8) is 0 Å². The Labute approximate surface area is 308 Å². The van der Waals surface area contributed by atoms with Crippen LogP contribution in [0.4, 0.5) is 0 Å². The van der Waals surface area contributed by atoms with E-state index in [0.29, 0.717) is 97.0 Å². The van der Waals surface area contributed by atoms with Crippen LogP contribution in [0.25, 0.3) is 0 Å². The standard InChI is InChI=1S/C37H64N6O9/c1-28(44)41(50)19-9-3-6-16-38-31(45)12-14-33(47)42(51)20-10-4-7-17-39-32(46)13-15-34(48)43(52)21-11-5-8-18-40-35(49)37-25-29-22-30(26-37)24-36(2,23-29)27-37/h29-30,50-52H,3-27H2,1-2H3,(H,38,45)(H,39,46)(H,40,49). The highest BCUT2D eigenvalue weighted by atomic mass is 16.5. The number of hydrogen-bond donors (Lipinski definition) is 6. The van der Waals surface area contributed by atoms with E-state index in [1.54, 1.807) is 0 Å². The molecule has 0 saturated heterocycles. The van der Waals surface area contributed by atoms with Gasteiger partial charge in [0, 0.05) is 71.9 Å². The van der Waals surface area contributed by atoms with Crippen molar-refractivity contribution in [1.82, 2.24) is 31.1 Å². The fraction of sp³-hybridized carbons (Fsp3) is 0.838. The molecule has 4 saturated carbocycles. The van der Waals surface area contributed by atoms with Crippen LogP contribution in [0.3, 0.4) is 0 Å². The van der Waals surface area contributed by atoms with Gasteiger partial charge in [0.15, 0.2) is 0 Å². The number of carbonyl (C=O) groups excluding carboxylic acids is 6. The quantitative estimate of drug-likeness (QED) is 0.0458. The van der Waals surface area contributed by atoms with Crippen molar-refractivity contribution >= 4 is 35.4 Å². The van der Waals surface area contributed by atoms with Gasteiger partial charge in [0.05, 0.1) is 5.41 Å². The van der Waals surface area contributed by atoms with Crippen LogP contribution in [0, 0.1) is 22.7 Å². The van der Waals surface area contributed by atoms with Crippen molar-refractivity contribution in [3.05, 3.63) is 0 Å². The highest BCUT2D eigenvalue weighted by Crippen LogP contribution is 2.65. The summed E-state index contributed by atoms with van der Waals surface area (Å²) in [6.45, 7) is 5.54. The minimum Gasteiger partial charge on any atom is -0.356 e. The van der Waals surface area contributed by atoms with Crippen molar-refractivity contribution < 1.29 is 44.4 Å². The number of nitrogens with one attached hydrogen (secondary N) is 3. The summed E-state index contributed by atoms with van der Waals surface area (Å²) < 4.78 is 0. The van der Waals surface area contributed by atoms with Gasteiger partial charge in [-0.25, -0.2) is 15.2 Å². The molecule has 0 aromatic carbocycles. The molecule has 0 aromatic rings. The molecule has 6 amide bonds. The fourth-order valence-corrected chi connectivity index (χ4v) is 8.80. The smallest absolute Gasteiger partial charge is 0.246 e. The molecular formula is C37H64N6O9. The molecule has 15 nitrogen and oxygen atoms in total. The summed E-state index contributed by atoms with van der Waals surface area (Å²) in [5, 5.41) is 39.9. The van der Waals surface area contributed by atoms with Crippen molar-refractivity contribution in [3.8, 4) is 0 Å². The molecule has 6 N–H and O–H groups in total. The second-order valence-electron chi connectivity index (χ2n) is 15.9. The summed E-state index contributed by atoms with van der Waals surface area (Å²) in [6, 6.07) is 0. The Morgan fingerprint density at radius 2 is 1.00 bits per heavy atom. The van der Waals surface area contributed by atoms with Gasteiger partial charge < -0.3 is 16.0 Å². The first-order valence-corrected chi connectivity index (χ1v) is 19.5. The molecule has 296 valence electrons. The number of rotatable bonds is 25. The summed E-state index contributed by atoms with van der Waals surface area (Å²) in [4.78, 5) is 72.6. The van der Waals surface area contributed by atoms with E-state index < -0.39 is 17.7 Å². The molecule has 2 unspecified atom stereocenters. The summed E-state index contributed by atoms with van der Waals surface area (Å²) in [6.07, 6.45) is 12.5. The maximum Gasteiger partial charge on any atom is 0.246 e. The molecular weight excluding hydrogens is 672 g/mol. The van der Waals surface area contributed by atoms with E-state index in [-0.39, 0.29) is 68.5 Å². The van der Waals surface area contributed by atoms with Gasteiger partial charge in [-0.3, -0.25) is 44.4 Å². The Hall–Kier alpha value is -3.30. The predicted molar refractivity (Wildman–Crippen MR) is 190 cm³/mol. The molecule has 4 rings (SSSR count). The lowest BCUT2D eigenvalue weighted by atomic mass is 9.44. The zero-order valence-electron chi connectivity index (χ0n) is 31.5. The first-order valence-electron chi connectivity index (χ1n) is 19.5. The van der Waals surface area contributed by atoms with Crippen LogP contribution in [0.2, 0.25) is 0 Å². The molecule has 4 aliphatic rings. The Kier molecular flexibility index (Phi) is 17.8. The van der Waals surface area contributed by atoms with Gasteiger partial charge in [-0.2, -0.15) is 0 Å². The molecule has 0 aliphatic heterocycles. The monoisotopic (exact) mass is 736 g/mol. The van der Waals surface area contributed by atoms with Crippen LogP contribution < -0.4 is 16.0 Å². The van der Waals surface area contributed by atoms with E-state index in [4.69, 9.17) is 0 Å². The normalized spacial score (nSPS) is 22.8. The lowest BCUT2D eigenvalue weighted by Gasteiger charge is -2.60. The molecule has 4 fully saturated rings. The van der Waals surface area contributed by atoms with Gasteiger partial charge in [0.25, 0.3) is 0 Å². The van der Waals surface area contributed by atoms with E-state index >= 15 is 0 Å². The van der Waals surface area contributed by atoms with Gasteiger partial charge in [0.2, 0.25) is 35.4 Å². The highest BCUT2D eigenvalue weighted by molar-refractivity contribution is 5.84. The fourth-order valence-electron chi connectivity index (χ4n) is 8.80. The van der Waals surface area contributed by atoms with Crippen molar-refractivity contribution in [2.24, 2.45) is 22.7 Å². The SMILES string of the molecule is CC(=O)N(O)CCCCCNC(=O)CCC(=O)N(O)CCCCCNC(=O)CCC(=O)N(O)CCCCCNC(=O)C12CC3CC(CC(C)(C3)C1)C2. The molecule has 15 heteroatoms. The Morgan fingerprint density at radius 3 is 1.42 bits per heavy atom. The third-order valence-corrected chi connectivity index (χ3v) is 11.0. The first-order chi connectivity index (χ1) is 24.7. The number of amides is 6. The predicted octanol–water partition coefficient (Wildman–Crippen LogP) is 3.69. The lowest BCUT2D eigenvalue weighted by Crippen LogP contribution is -2.56. The molecule has 0 spiro atoms. The highest BCUT2D eigenvalue weighted by Gasteiger charge is 2.58. The maximum absolute atomic E-state index is 13.2. The van der Waals surface area contributed by atoms with Gasteiger partial charge in [-0.05, 0) is 114 Å². The van der Waals surface area contributed by atoms with Crippen molar-refractivity contribution in [2.75, 3.05) is 39.3 Å². The second-order valence-corrected chi connectivity index (χ2v) is 15.9. The summed E-state index contributed by atoms with van der Waals surface area (Å²) in [5.74, 6) is -0.470. The minimum absolute atomic E-state index is 0.0412. The first kappa shape index (κ1) is 43.1. The molecule has 52 heavy (non-hydrogen) atoms. The largest absolute Gasteiger partial charge is 0.356 e. The number of hydroxylamine groups is 6. The Morgan fingerprint density at radius 1 is 0.577 bits per heavy atom. The Balaban J connectivity index is 1.11. The van der Waals surface area contributed by atoms with E-state index in [1.165, 1.54) is 26.2 Å². The van der Waals surface area contributed by atoms with E-state index in [2.05, 4.69) is 22.9 Å². The lowest BCUT2D eigenvalue weighted by molar-refractivity contribution is -0.166. The summed E-state index contributed by atoms with van der Waals surface area (Å²) in [7, 11) is 0. The zero-order chi connectivity index (χ0) is 38.1. The topological polar surface area (TPSA) is 209 Å². The minimum atomic E-state index is -0.552. The summed E-state index contributed by atoms with van der Waals surface area (Å²) in [5.41, 5.74) is 0.146. The maximum atomic E-state index is 13.2. The molecule has 4 bridgehead atoms. The van der Waals surface area contributed by atoms with E-state index in [0.717, 1.165) is 32.1 Å². The average molecular weight is 737 g/mol. The van der Waals surface area contributed by atoms with E-state index in [1.807, 2.05) is 0 Å². The van der Waals surface area contributed by atoms with Gasteiger partial charge in [0.1, 0.15) is 0 Å². The molecule has 0 aromatic heterocycles. The summed E-state index contributed by atoms with van der Waals surface area (Å²) >= 11 is 0. The molecule has 0 radical (unpaired) electrons. The molecule has 2 atom stereocenters. The molecule has 4 aliphatic carbocycles. The van der Waals surface area contributed by atoms with Gasteiger partial charge in [-0.15, -0.1) is 0 Å². The van der Waals surface area contributed by atoms with Crippen LogP contribution in [-0.4, -0.2) is 106 Å². The van der Waals surface area contributed by atoms with Crippen LogP contribution in [0.1, 0.15) is 136 Å². The third-order valence-electron chi connectivity index (χ3n) is 11.0. The number of unbranched alkanes of at least 4 members (excludes halogenated alkanes) is 6. The molecule has 0 heterocycles. The second kappa shape index (κ2) is 21.4. The third kappa shape index (κ3) is 14.6. The van der Waals surface area contributed by atoms with Crippen molar-refractivity contribution in [1.29, 1.82) is 0 Å². The van der Waals surface area contributed by atoms with Gasteiger partial charge in [-0.1, -0.05) is 6.92 Å². The Bertz CT molecular complexity index is 1200.